The van der Waals surface area contributed by atoms with Crippen molar-refractivity contribution in [3.63, 3.8) is 0 Å². The lowest BCUT2D eigenvalue weighted by Gasteiger charge is -2.48. The number of anilines is 3. The summed E-state index contributed by atoms with van der Waals surface area (Å²) in [4.78, 5) is 22.8. The summed E-state index contributed by atoms with van der Waals surface area (Å²) < 4.78 is 14.0. The number of likely N-dealkylation sites (tertiary alicyclic amines) is 1. The summed E-state index contributed by atoms with van der Waals surface area (Å²) in [6.45, 7) is 8.19. The maximum absolute atomic E-state index is 6.33. The van der Waals surface area contributed by atoms with E-state index >= 15 is 0 Å². The Morgan fingerprint density at radius 1 is 0.975 bits per heavy atom. The Bertz CT molecular complexity index is 1720. The molecule has 2 fully saturated rings. The molecule has 0 aliphatic carbocycles. The predicted molar refractivity (Wildman–Crippen MR) is 153 cm³/mol. The number of nitrogens with zero attached hydrogens (tertiary/aromatic N) is 8. The zero-order valence-electron chi connectivity index (χ0n) is 22.9. The van der Waals surface area contributed by atoms with E-state index in [1.54, 1.807) is 23.2 Å². The van der Waals surface area contributed by atoms with Gasteiger partial charge in [0.1, 0.15) is 36.3 Å². The standard InChI is InChI=1S/C29H31N9O2/c1-17(2)39-24-8-6-20-27(28(24)37-13-22-21(37)9-10-36(22)4)29(32-14-30-20)35-19-5-7-23(18(3)11-19)40-26-12-25-31-15-34-38(25)16-33-26/h5-8,11-12,14-17,21-22H,9-10,13H2,1-4H3,(H,30,32,35)/t21-,22-/m0/s1. The molecule has 204 valence electrons. The molecule has 5 heterocycles. The normalized spacial score (nSPS) is 18.8. The zero-order valence-corrected chi connectivity index (χ0v) is 22.9. The van der Waals surface area contributed by atoms with E-state index in [1.807, 2.05) is 37.3 Å². The Kier molecular flexibility index (Phi) is 5.88. The van der Waals surface area contributed by atoms with E-state index in [4.69, 9.17) is 14.5 Å². The highest BCUT2D eigenvalue weighted by Gasteiger charge is 2.47. The average molecular weight is 538 g/mol. The van der Waals surface area contributed by atoms with E-state index < -0.39 is 0 Å². The molecule has 5 aromatic rings. The molecule has 11 nitrogen and oxygen atoms in total. The summed E-state index contributed by atoms with van der Waals surface area (Å²) >= 11 is 0. The number of hydrogen-bond acceptors (Lipinski definition) is 10. The van der Waals surface area contributed by atoms with E-state index in [9.17, 15) is 0 Å². The minimum atomic E-state index is 0.0516. The second-order valence-electron chi connectivity index (χ2n) is 10.7. The van der Waals surface area contributed by atoms with E-state index in [1.165, 1.54) is 6.33 Å². The molecule has 0 spiro atoms. The lowest BCUT2D eigenvalue weighted by molar-refractivity contribution is 0.228. The summed E-state index contributed by atoms with van der Waals surface area (Å²) in [7, 11) is 2.21. The van der Waals surface area contributed by atoms with Crippen LogP contribution < -0.4 is 19.7 Å². The molecule has 2 aromatic carbocycles. The van der Waals surface area contributed by atoms with E-state index in [0.717, 1.165) is 58.9 Å². The second-order valence-corrected chi connectivity index (χ2v) is 10.7. The minimum Gasteiger partial charge on any atom is -0.489 e. The molecular weight excluding hydrogens is 506 g/mol. The molecule has 11 heteroatoms. The molecular formula is C29H31N9O2. The first-order valence-corrected chi connectivity index (χ1v) is 13.6. The summed E-state index contributed by atoms with van der Waals surface area (Å²) in [6, 6.07) is 12.8. The predicted octanol–water partition coefficient (Wildman–Crippen LogP) is 4.59. The fraction of sp³-hybridized carbons (Fsp3) is 0.345. The second kappa shape index (κ2) is 9.60. The Morgan fingerprint density at radius 3 is 2.67 bits per heavy atom. The Balaban J connectivity index is 1.22. The van der Waals surface area contributed by atoms with Crippen molar-refractivity contribution in [2.45, 2.75) is 45.4 Å². The van der Waals surface area contributed by atoms with Crippen LogP contribution in [0.3, 0.4) is 0 Å². The van der Waals surface area contributed by atoms with Crippen molar-refractivity contribution in [1.82, 2.24) is 34.4 Å². The van der Waals surface area contributed by atoms with Crippen LogP contribution in [-0.4, -0.2) is 72.8 Å². The van der Waals surface area contributed by atoms with Crippen LogP contribution in [0.15, 0.2) is 55.4 Å². The van der Waals surface area contributed by atoms with Crippen LogP contribution in [0.25, 0.3) is 16.6 Å². The molecule has 0 saturated carbocycles. The van der Waals surface area contributed by atoms with Crippen LogP contribution in [0, 0.1) is 6.92 Å². The highest BCUT2D eigenvalue weighted by atomic mass is 16.5. The monoisotopic (exact) mass is 537 g/mol. The number of aryl methyl sites for hydroxylation is 1. The lowest BCUT2D eigenvalue weighted by Crippen LogP contribution is -2.61. The molecule has 0 unspecified atom stereocenters. The van der Waals surface area contributed by atoms with Crippen LogP contribution in [0.2, 0.25) is 0 Å². The van der Waals surface area contributed by atoms with Gasteiger partial charge in [-0.3, -0.25) is 4.90 Å². The smallest absolute Gasteiger partial charge is 0.224 e. The number of hydrogen-bond donors (Lipinski definition) is 1. The van der Waals surface area contributed by atoms with Crippen molar-refractivity contribution >= 4 is 33.7 Å². The van der Waals surface area contributed by atoms with Gasteiger partial charge in [0.2, 0.25) is 5.88 Å². The van der Waals surface area contributed by atoms with E-state index in [2.05, 4.69) is 56.1 Å². The first kappa shape index (κ1) is 24.5. The highest BCUT2D eigenvalue weighted by Crippen LogP contribution is 2.46. The van der Waals surface area contributed by atoms with Crippen LogP contribution in [0.4, 0.5) is 17.2 Å². The van der Waals surface area contributed by atoms with Crippen molar-refractivity contribution in [2.24, 2.45) is 0 Å². The largest absolute Gasteiger partial charge is 0.489 e. The van der Waals surface area contributed by atoms with Gasteiger partial charge in [-0.1, -0.05) is 0 Å². The summed E-state index contributed by atoms with van der Waals surface area (Å²) in [5, 5.41) is 8.60. The van der Waals surface area contributed by atoms with E-state index in [-0.39, 0.29) is 6.10 Å². The molecule has 3 aromatic heterocycles. The van der Waals surface area contributed by atoms with Gasteiger partial charge < -0.3 is 19.7 Å². The third-order valence-corrected chi connectivity index (χ3v) is 7.76. The quantitative estimate of drug-likeness (QED) is 0.317. The molecule has 0 bridgehead atoms. The highest BCUT2D eigenvalue weighted by molar-refractivity contribution is 6.04. The molecule has 40 heavy (non-hydrogen) atoms. The van der Waals surface area contributed by atoms with Crippen molar-refractivity contribution in [3.05, 3.63) is 60.9 Å². The van der Waals surface area contributed by atoms with Crippen LogP contribution >= 0.6 is 0 Å². The fourth-order valence-corrected chi connectivity index (χ4v) is 5.77. The lowest BCUT2D eigenvalue weighted by atomic mass is 9.94. The Labute approximate surface area is 231 Å². The van der Waals surface area contributed by atoms with Crippen LogP contribution in [0.1, 0.15) is 25.8 Å². The summed E-state index contributed by atoms with van der Waals surface area (Å²) in [5.74, 6) is 2.78. The number of fused-ring (bicyclic) bond motifs is 3. The van der Waals surface area contributed by atoms with Gasteiger partial charge in [-0.2, -0.15) is 5.10 Å². The van der Waals surface area contributed by atoms with Gasteiger partial charge in [0.15, 0.2) is 5.65 Å². The van der Waals surface area contributed by atoms with Gasteiger partial charge >= 0.3 is 0 Å². The van der Waals surface area contributed by atoms with Gasteiger partial charge in [0.05, 0.1) is 22.7 Å². The average Bonchev–Trinajstić information content (AvgIpc) is 3.49. The van der Waals surface area contributed by atoms with Crippen LogP contribution in [0.5, 0.6) is 17.4 Å². The van der Waals surface area contributed by atoms with Gasteiger partial charge in [0, 0.05) is 36.9 Å². The van der Waals surface area contributed by atoms with Crippen molar-refractivity contribution < 1.29 is 9.47 Å². The number of benzene rings is 2. The topological polar surface area (TPSA) is 106 Å². The molecule has 0 radical (unpaired) electrons. The third-order valence-electron chi connectivity index (χ3n) is 7.76. The molecule has 2 saturated heterocycles. The van der Waals surface area contributed by atoms with Crippen LogP contribution in [-0.2, 0) is 0 Å². The van der Waals surface area contributed by atoms with Crippen molar-refractivity contribution in [3.8, 4) is 17.4 Å². The number of rotatable bonds is 7. The molecule has 2 aliphatic heterocycles. The minimum absolute atomic E-state index is 0.0516. The fourth-order valence-electron chi connectivity index (χ4n) is 5.77. The maximum atomic E-state index is 6.33. The van der Waals surface area contributed by atoms with Gasteiger partial charge in [-0.15, -0.1) is 0 Å². The molecule has 1 N–H and O–H groups in total. The molecule has 2 atom stereocenters. The first-order chi connectivity index (χ1) is 19.4. The molecule has 7 rings (SSSR count). The van der Waals surface area contributed by atoms with Gasteiger partial charge in [-0.25, -0.2) is 24.5 Å². The number of likely N-dealkylation sites (N-methyl/N-ethyl adjacent to an activating group) is 1. The summed E-state index contributed by atoms with van der Waals surface area (Å²) in [5.41, 5.74) is 4.47. The SMILES string of the molecule is Cc1cc(Nc2ncnc3ccc(OC(C)C)c(N4C[C@H]5[C@@H]4CCN5C)c23)ccc1Oc1cc2ncnn2cn1. The number of nitrogens with one attached hydrogen (secondary N) is 1. The van der Waals surface area contributed by atoms with Gasteiger partial charge in [0.25, 0.3) is 0 Å². The zero-order chi connectivity index (χ0) is 27.4. The molecule has 0 amide bonds. The van der Waals surface area contributed by atoms with Gasteiger partial charge in [-0.05, 0) is 70.1 Å². The Morgan fingerprint density at radius 2 is 1.85 bits per heavy atom. The first-order valence-electron chi connectivity index (χ1n) is 13.6. The summed E-state index contributed by atoms with van der Waals surface area (Å²) in [6.07, 6.45) is 5.86. The third kappa shape index (κ3) is 4.22. The maximum Gasteiger partial charge on any atom is 0.224 e. The van der Waals surface area contributed by atoms with Crippen molar-refractivity contribution in [1.29, 1.82) is 0 Å². The van der Waals surface area contributed by atoms with Crippen molar-refractivity contribution in [2.75, 3.05) is 30.4 Å². The number of ether oxygens (including phenoxy) is 2. The Hall–Kier alpha value is -4.51. The number of aromatic nitrogens is 6. The molecule has 2 aliphatic rings. The van der Waals surface area contributed by atoms with E-state index in [0.29, 0.717) is 29.4 Å².